The Morgan fingerprint density at radius 1 is 1.56 bits per heavy atom. The molecule has 1 atom stereocenters. The highest BCUT2D eigenvalue weighted by molar-refractivity contribution is 9.09. The molecule has 1 unspecified atom stereocenters. The summed E-state index contributed by atoms with van der Waals surface area (Å²) in [5.74, 6) is 0.100. The molecule has 0 radical (unpaired) electrons. The second kappa shape index (κ2) is 7.64. The lowest BCUT2D eigenvalue weighted by Crippen LogP contribution is -2.29. The predicted molar refractivity (Wildman–Crippen MR) is 77.6 cm³/mol. The van der Waals surface area contributed by atoms with Gasteiger partial charge in [0.15, 0.2) is 0 Å². The van der Waals surface area contributed by atoms with Gasteiger partial charge in [0, 0.05) is 16.9 Å². The Kier molecular flexibility index (Phi) is 6.50. The van der Waals surface area contributed by atoms with Crippen LogP contribution in [-0.4, -0.2) is 22.9 Å². The van der Waals surface area contributed by atoms with Crippen molar-refractivity contribution < 1.29 is 9.90 Å². The van der Waals surface area contributed by atoms with Crippen LogP contribution in [0.3, 0.4) is 0 Å². The van der Waals surface area contributed by atoms with E-state index in [9.17, 15) is 9.90 Å². The van der Waals surface area contributed by atoms with Crippen molar-refractivity contribution in [3.63, 3.8) is 0 Å². The molecule has 2 N–H and O–H groups in total. The molecule has 18 heavy (non-hydrogen) atoms. The zero-order valence-corrected chi connectivity index (χ0v) is 12.6. The molecule has 0 aromatic heterocycles. The van der Waals surface area contributed by atoms with Crippen LogP contribution in [0.25, 0.3) is 0 Å². The smallest absolute Gasteiger partial charge is 0.255 e. The summed E-state index contributed by atoms with van der Waals surface area (Å²) in [6.07, 6.45) is 2.02. The summed E-state index contributed by atoms with van der Waals surface area (Å²) in [6.45, 7) is 2.70. The number of amides is 1. The molecule has 1 aromatic rings. The minimum atomic E-state index is -0.289. The molecule has 1 amide bonds. The fourth-order valence-corrected chi connectivity index (χ4v) is 2.45. The summed E-state index contributed by atoms with van der Waals surface area (Å²) in [5.41, 5.74) is 0.219. The van der Waals surface area contributed by atoms with Gasteiger partial charge in [0.05, 0.1) is 5.56 Å². The number of rotatable bonds is 6. The van der Waals surface area contributed by atoms with E-state index in [1.165, 1.54) is 12.1 Å². The molecule has 0 heterocycles. The summed E-state index contributed by atoms with van der Waals surface area (Å²) >= 11 is 9.20. The lowest BCUT2D eigenvalue weighted by Gasteiger charge is -2.14. The van der Waals surface area contributed by atoms with Crippen molar-refractivity contribution in [3.05, 3.63) is 28.8 Å². The first-order valence-electron chi connectivity index (χ1n) is 5.91. The Morgan fingerprint density at radius 2 is 2.28 bits per heavy atom. The van der Waals surface area contributed by atoms with Crippen LogP contribution in [0.15, 0.2) is 18.2 Å². The summed E-state index contributed by atoms with van der Waals surface area (Å²) in [4.78, 5) is 11.9. The third-order valence-electron chi connectivity index (χ3n) is 2.85. The van der Waals surface area contributed by atoms with Gasteiger partial charge in [0.25, 0.3) is 5.91 Å². The number of halogens is 2. The normalized spacial score (nSPS) is 12.2. The summed E-state index contributed by atoms with van der Waals surface area (Å²) < 4.78 is 0. The molecule has 1 rings (SSSR count). The van der Waals surface area contributed by atoms with Crippen LogP contribution in [0, 0.1) is 5.92 Å². The van der Waals surface area contributed by atoms with Crippen LogP contribution in [0.2, 0.25) is 5.02 Å². The molecule has 0 aliphatic carbocycles. The van der Waals surface area contributed by atoms with Crippen LogP contribution in [0.5, 0.6) is 5.75 Å². The Balaban J connectivity index is 2.62. The largest absolute Gasteiger partial charge is 0.507 e. The Hall–Kier alpha value is -0.740. The van der Waals surface area contributed by atoms with Gasteiger partial charge in [-0.3, -0.25) is 4.79 Å². The van der Waals surface area contributed by atoms with Crippen molar-refractivity contribution >= 4 is 33.4 Å². The highest BCUT2D eigenvalue weighted by Crippen LogP contribution is 2.21. The van der Waals surface area contributed by atoms with Crippen molar-refractivity contribution in [2.75, 3.05) is 11.9 Å². The predicted octanol–water partition coefficient (Wildman–Crippen LogP) is 3.59. The van der Waals surface area contributed by atoms with Crippen molar-refractivity contribution in [1.29, 1.82) is 0 Å². The number of carbonyl (C=O) groups is 1. The van der Waals surface area contributed by atoms with Gasteiger partial charge in [-0.05, 0) is 30.5 Å². The van der Waals surface area contributed by atoms with Gasteiger partial charge in [0.1, 0.15) is 5.75 Å². The van der Waals surface area contributed by atoms with E-state index < -0.39 is 0 Å². The van der Waals surface area contributed by atoms with Crippen LogP contribution in [0.1, 0.15) is 30.1 Å². The molecule has 0 fully saturated rings. The maximum absolute atomic E-state index is 11.9. The zero-order chi connectivity index (χ0) is 13.5. The molecule has 1 aromatic carbocycles. The zero-order valence-electron chi connectivity index (χ0n) is 10.2. The monoisotopic (exact) mass is 333 g/mol. The van der Waals surface area contributed by atoms with Crippen LogP contribution >= 0.6 is 27.5 Å². The average Bonchev–Trinajstić information content (AvgIpc) is 2.37. The van der Waals surface area contributed by atoms with Crippen LogP contribution in [0.4, 0.5) is 0 Å². The number of phenols is 1. The van der Waals surface area contributed by atoms with E-state index >= 15 is 0 Å². The molecule has 100 valence electrons. The van der Waals surface area contributed by atoms with Gasteiger partial charge in [-0.1, -0.05) is 40.9 Å². The number of hydrogen-bond acceptors (Lipinski definition) is 2. The van der Waals surface area contributed by atoms with Gasteiger partial charge in [-0.15, -0.1) is 0 Å². The van der Waals surface area contributed by atoms with Gasteiger partial charge in [-0.2, -0.15) is 0 Å². The highest BCUT2D eigenvalue weighted by atomic mass is 79.9. The van der Waals surface area contributed by atoms with E-state index in [1.807, 2.05) is 0 Å². The average molecular weight is 335 g/mol. The Labute approximate surface area is 121 Å². The first-order valence-corrected chi connectivity index (χ1v) is 7.41. The van der Waals surface area contributed by atoms with Gasteiger partial charge in [-0.25, -0.2) is 0 Å². The second-order valence-electron chi connectivity index (χ2n) is 4.12. The molecule has 5 heteroatoms. The van der Waals surface area contributed by atoms with Crippen molar-refractivity contribution in [2.45, 2.75) is 19.8 Å². The lowest BCUT2D eigenvalue weighted by molar-refractivity contribution is 0.0944. The molecule has 0 spiro atoms. The minimum Gasteiger partial charge on any atom is -0.507 e. The minimum absolute atomic E-state index is 0.0505. The Bertz CT molecular complexity index is 412. The van der Waals surface area contributed by atoms with Crippen molar-refractivity contribution in [3.8, 4) is 5.75 Å². The number of carbonyl (C=O) groups excluding carboxylic acids is 1. The number of hydrogen-bond donors (Lipinski definition) is 2. The number of benzene rings is 1. The molecular weight excluding hydrogens is 318 g/mol. The maximum atomic E-state index is 11.9. The van der Waals surface area contributed by atoms with Gasteiger partial charge < -0.3 is 10.4 Å². The maximum Gasteiger partial charge on any atom is 0.255 e. The number of nitrogens with one attached hydrogen (secondary N) is 1. The molecule has 0 saturated heterocycles. The van der Waals surface area contributed by atoms with Gasteiger partial charge in [0.2, 0.25) is 0 Å². The summed E-state index contributed by atoms with van der Waals surface area (Å²) in [6, 6.07) is 4.44. The van der Waals surface area contributed by atoms with E-state index in [0.29, 0.717) is 17.5 Å². The quantitative estimate of drug-likeness (QED) is 0.781. The molecule has 3 nitrogen and oxygen atoms in total. The van der Waals surface area contributed by atoms with E-state index in [-0.39, 0.29) is 17.2 Å². The third kappa shape index (κ3) is 4.50. The second-order valence-corrected chi connectivity index (χ2v) is 5.35. The molecule has 0 aliphatic rings. The fraction of sp³-hybridized carbons (Fsp3) is 0.462. The van der Waals surface area contributed by atoms with E-state index in [0.717, 1.165) is 18.2 Å². The van der Waals surface area contributed by atoms with Crippen LogP contribution in [-0.2, 0) is 0 Å². The molecular formula is C13H17BrClNO2. The molecule has 0 saturated carbocycles. The summed E-state index contributed by atoms with van der Waals surface area (Å²) in [7, 11) is 0. The Morgan fingerprint density at radius 3 is 2.89 bits per heavy atom. The van der Waals surface area contributed by atoms with Gasteiger partial charge >= 0.3 is 0 Å². The van der Waals surface area contributed by atoms with E-state index in [2.05, 4.69) is 28.2 Å². The van der Waals surface area contributed by atoms with Crippen LogP contribution < -0.4 is 5.32 Å². The molecule has 0 bridgehead atoms. The topological polar surface area (TPSA) is 49.3 Å². The third-order valence-corrected chi connectivity index (χ3v) is 3.54. The standard InChI is InChI=1S/C13H17BrClNO2/c1-2-9(5-6-14)8-16-13(18)11-7-10(15)3-4-12(11)17/h3-4,7,9,17H,2,5-6,8H2,1H3,(H,16,18). The fourth-order valence-electron chi connectivity index (χ4n) is 1.63. The number of aromatic hydroxyl groups is 1. The number of phenolic OH excluding ortho intramolecular Hbond substituents is 1. The van der Waals surface area contributed by atoms with Crippen molar-refractivity contribution in [1.82, 2.24) is 5.32 Å². The number of alkyl halides is 1. The lowest BCUT2D eigenvalue weighted by atomic mass is 10.0. The molecule has 0 aliphatic heterocycles. The SMILES string of the molecule is CCC(CCBr)CNC(=O)c1cc(Cl)ccc1O. The van der Waals surface area contributed by atoms with E-state index in [4.69, 9.17) is 11.6 Å². The highest BCUT2D eigenvalue weighted by Gasteiger charge is 2.13. The van der Waals surface area contributed by atoms with E-state index in [1.54, 1.807) is 6.07 Å². The first-order chi connectivity index (χ1) is 8.58. The van der Waals surface area contributed by atoms with Crippen molar-refractivity contribution in [2.24, 2.45) is 5.92 Å². The first kappa shape index (κ1) is 15.3. The summed E-state index contributed by atoms with van der Waals surface area (Å²) in [5, 5.41) is 13.8.